The van der Waals surface area contributed by atoms with Crippen molar-refractivity contribution in [2.75, 3.05) is 0 Å². The number of phenolic OH excluding ortho intramolecular Hbond substituents is 1. The molecule has 2 heterocycles. The van der Waals surface area contributed by atoms with Gasteiger partial charge in [-0.25, -0.2) is 4.98 Å². The summed E-state index contributed by atoms with van der Waals surface area (Å²) >= 11 is 0. The number of carbonyl (C=O) groups is 1. The first-order chi connectivity index (χ1) is 10.4. The van der Waals surface area contributed by atoms with Crippen LogP contribution in [0.25, 0.3) is 5.65 Å². The van der Waals surface area contributed by atoms with Gasteiger partial charge >= 0.3 is 6.18 Å². The molecule has 0 aliphatic rings. The van der Waals surface area contributed by atoms with E-state index in [1.54, 1.807) is 12.1 Å². The highest BCUT2D eigenvalue weighted by atomic mass is 19.4. The SMILES string of the molecule is O=C(c1ccccc1O)c1cnc2cc(C(F)(F)F)ccn12. The van der Waals surface area contributed by atoms with Gasteiger partial charge in [0.2, 0.25) is 5.78 Å². The van der Waals surface area contributed by atoms with Crippen molar-refractivity contribution in [3.8, 4) is 5.75 Å². The predicted molar refractivity (Wildman–Crippen MR) is 71.7 cm³/mol. The van der Waals surface area contributed by atoms with Gasteiger partial charge in [-0.1, -0.05) is 12.1 Å². The Labute approximate surface area is 122 Å². The molecule has 2 aromatic heterocycles. The Morgan fingerprint density at radius 1 is 1.18 bits per heavy atom. The molecule has 0 unspecified atom stereocenters. The molecule has 0 bridgehead atoms. The highest BCUT2D eigenvalue weighted by molar-refractivity contribution is 6.09. The first kappa shape index (κ1) is 14.1. The number of pyridine rings is 1. The topological polar surface area (TPSA) is 54.6 Å². The van der Waals surface area contributed by atoms with E-state index in [4.69, 9.17) is 0 Å². The van der Waals surface area contributed by atoms with Crippen LogP contribution in [-0.4, -0.2) is 20.3 Å². The van der Waals surface area contributed by atoms with Gasteiger partial charge in [-0.3, -0.25) is 9.20 Å². The van der Waals surface area contributed by atoms with Gasteiger partial charge in [-0.2, -0.15) is 13.2 Å². The molecule has 0 spiro atoms. The van der Waals surface area contributed by atoms with Crippen LogP contribution in [0.4, 0.5) is 13.2 Å². The molecule has 0 radical (unpaired) electrons. The lowest BCUT2D eigenvalue weighted by molar-refractivity contribution is -0.137. The van der Waals surface area contributed by atoms with Crippen LogP contribution in [0.15, 0.2) is 48.8 Å². The van der Waals surface area contributed by atoms with E-state index in [1.807, 2.05) is 0 Å². The van der Waals surface area contributed by atoms with E-state index in [0.29, 0.717) is 0 Å². The minimum atomic E-state index is -4.48. The third-order valence-corrected chi connectivity index (χ3v) is 3.22. The number of benzene rings is 1. The molecule has 0 saturated heterocycles. The number of carbonyl (C=O) groups excluding carboxylic acids is 1. The number of rotatable bonds is 2. The Morgan fingerprint density at radius 3 is 2.59 bits per heavy atom. The maximum absolute atomic E-state index is 12.7. The van der Waals surface area contributed by atoms with Crippen molar-refractivity contribution in [2.24, 2.45) is 0 Å². The number of aromatic nitrogens is 2. The number of para-hydroxylation sites is 1. The number of alkyl halides is 3. The Morgan fingerprint density at radius 2 is 1.91 bits per heavy atom. The molecule has 0 aliphatic heterocycles. The number of imidazole rings is 1. The van der Waals surface area contributed by atoms with Gasteiger partial charge in [0, 0.05) is 6.20 Å². The largest absolute Gasteiger partial charge is 0.507 e. The fourth-order valence-corrected chi connectivity index (χ4v) is 2.13. The first-order valence-electron chi connectivity index (χ1n) is 6.25. The number of aromatic hydroxyl groups is 1. The monoisotopic (exact) mass is 306 g/mol. The Balaban J connectivity index is 2.10. The maximum Gasteiger partial charge on any atom is 0.416 e. The van der Waals surface area contributed by atoms with E-state index in [1.165, 1.54) is 22.7 Å². The van der Waals surface area contributed by atoms with Gasteiger partial charge in [0.15, 0.2) is 0 Å². The average molecular weight is 306 g/mol. The second kappa shape index (κ2) is 4.87. The Hall–Kier alpha value is -2.83. The molecule has 0 atom stereocenters. The molecule has 112 valence electrons. The third kappa shape index (κ3) is 2.30. The summed E-state index contributed by atoms with van der Waals surface area (Å²) < 4.78 is 39.2. The van der Waals surface area contributed by atoms with Crippen LogP contribution in [-0.2, 0) is 6.18 Å². The van der Waals surface area contributed by atoms with E-state index >= 15 is 0 Å². The zero-order valence-electron chi connectivity index (χ0n) is 11.0. The summed E-state index contributed by atoms with van der Waals surface area (Å²) in [6, 6.07) is 7.67. The smallest absolute Gasteiger partial charge is 0.416 e. The lowest BCUT2D eigenvalue weighted by Crippen LogP contribution is -2.08. The van der Waals surface area contributed by atoms with Gasteiger partial charge in [0.1, 0.15) is 17.1 Å². The van der Waals surface area contributed by atoms with Crippen LogP contribution in [0, 0.1) is 0 Å². The molecule has 3 aromatic rings. The van der Waals surface area contributed by atoms with E-state index in [9.17, 15) is 23.1 Å². The van der Waals surface area contributed by atoms with E-state index in [0.717, 1.165) is 18.3 Å². The zero-order valence-corrected chi connectivity index (χ0v) is 11.0. The highest BCUT2D eigenvalue weighted by Crippen LogP contribution is 2.30. The minimum Gasteiger partial charge on any atom is -0.507 e. The predicted octanol–water partition coefficient (Wildman–Crippen LogP) is 3.29. The van der Waals surface area contributed by atoms with E-state index in [-0.39, 0.29) is 22.7 Å². The molecule has 22 heavy (non-hydrogen) atoms. The Bertz CT molecular complexity index is 869. The van der Waals surface area contributed by atoms with Crippen molar-refractivity contribution >= 4 is 11.4 Å². The summed E-state index contributed by atoms with van der Waals surface area (Å²) in [7, 11) is 0. The summed E-state index contributed by atoms with van der Waals surface area (Å²) in [5.74, 6) is -0.722. The number of hydrogen-bond donors (Lipinski definition) is 1. The zero-order chi connectivity index (χ0) is 15.9. The van der Waals surface area contributed by atoms with Crippen LogP contribution >= 0.6 is 0 Å². The van der Waals surface area contributed by atoms with Crippen molar-refractivity contribution in [3.63, 3.8) is 0 Å². The lowest BCUT2D eigenvalue weighted by atomic mass is 10.1. The number of ketones is 1. The van der Waals surface area contributed by atoms with Gasteiger partial charge in [0.25, 0.3) is 0 Å². The first-order valence-corrected chi connectivity index (χ1v) is 6.25. The maximum atomic E-state index is 12.7. The quantitative estimate of drug-likeness (QED) is 0.739. The van der Waals surface area contributed by atoms with Crippen molar-refractivity contribution in [1.82, 2.24) is 9.38 Å². The number of fused-ring (bicyclic) bond motifs is 1. The number of nitrogens with zero attached hydrogens (tertiary/aromatic N) is 2. The summed E-state index contributed by atoms with van der Waals surface area (Å²) in [6.07, 6.45) is -2.15. The van der Waals surface area contributed by atoms with Crippen molar-refractivity contribution in [1.29, 1.82) is 0 Å². The minimum absolute atomic E-state index is 0.00796. The van der Waals surface area contributed by atoms with Gasteiger partial charge < -0.3 is 5.11 Å². The average Bonchev–Trinajstić information content (AvgIpc) is 2.89. The fourth-order valence-electron chi connectivity index (χ4n) is 2.13. The second-order valence-corrected chi connectivity index (χ2v) is 4.63. The van der Waals surface area contributed by atoms with Crippen LogP contribution in [0.1, 0.15) is 21.6 Å². The van der Waals surface area contributed by atoms with Gasteiger partial charge in [0.05, 0.1) is 17.3 Å². The van der Waals surface area contributed by atoms with Crippen molar-refractivity contribution in [2.45, 2.75) is 6.18 Å². The van der Waals surface area contributed by atoms with E-state index in [2.05, 4.69) is 4.98 Å². The third-order valence-electron chi connectivity index (χ3n) is 3.22. The Kier molecular flexibility index (Phi) is 3.13. The molecule has 0 saturated carbocycles. The molecule has 1 aromatic carbocycles. The number of phenols is 1. The van der Waals surface area contributed by atoms with Crippen LogP contribution in [0.5, 0.6) is 5.75 Å². The highest BCUT2D eigenvalue weighted by Gasteiger charge is 2.31. The molecule has 3 rings (SSSR count). The molecule has 0 fully saturated rings. The summed E-state index contributed by atoms with van der Waals surface area (Å²) in [6.45, 7) is 0. The second-order valence-electron chi connectivity index (χ2n) is 4.63. The van der Waals surface area contributed by atoms with Gasteiger partial charge in [-0.05, 0) is 24.3 Å². The molecule has 7 heteroatoms. The van der Waals surface area contributed by atoms with Crippen LogP contribution < -0.4 is 0 Å². The molecule has 1 N–H and O–H groups in total. The summed E-state index contributed by atoms with van der Waals surface area (Å²) in [5, 5.41) is 9.70. The standard InChI is InChI=1S/C15H9F3N2O2/c16-15(17,18)9-5-6-20-11(8-19-13(20)7-9)14(22)10-3-1-2-4-12(10)21/h1-8,21H. The van der Waals surface area contributed by atoms with E-state index < -0.39 is 17.5 Å². The molecule has 0 aliphatic carbocycles. The van der Waals surface area contributed by atoms with Gasteiger partial charge in [-0.15, -0.1) is 0 Å². The normalized spacial score (nSPS) is 11.8. The summed E-state index contributed by atoms with van der Waals surface area (Å²) in [4.78, 5) is 16.2. The molecular weight excluding hydrogens is 297 g/mol. The lowest BCUT2D eigenvalue weighted by Gasteiger charge is -2.07. The van der Waals surface area contributed by atoms with Crippen LogP contribution in [0.3, 0.4) is 0 Å². The number of hydrogen-bond acceptors (Lipinski definition) is 3. The van der Waals surface area contributed by atoms with Crippen molar-refractivity contribution in [3.05, 3.63) is 65.6 Å². The molecular formula is C15H9F3N2O2. The molecule has 0 amide bonds. The van der Waals surface area contributed by atoms with Crippen molar-refractivity contribution < 1.29 is 23.1 Å². The fraction of sp³-hybridized carbons (Fsp3) is 0.0667. The van der Waals surface area contributed by atoms with Crippen LogP contribution in [0.2, 0.25) is 0 Å². The number of halogens is 3. The summed E-state index contributed by atoms with van der Waals surface area (Å²) in [5.41, 5.74) is -0.699. The molecule has 4 nitrogen and oxygen atoms in total.